The lowest BCUT2D eigenvalue weighted by Gasteiger charge is -2.31. The maximum atomic E-state index is 13.8. The Balaban J connectivity index is 1.42. The fourth-order valence-corrected chi connectivity index (χ4v) is 6.15. The van der Waals surface area contributed by atoms with E-state index in [0.29, 0.717) is 17.9 Å². The molecule has 2 aromatic heterocycles. The summed E-state index contributed by atoms with van der Waals surface area (Å²) in [5.74, 6) is 0.701. The van der Waals surface area contributed by atoms with Gasteiger partial charge in [0.25, 0.3) is 0 Å². The second-order valence-electron chi connectivity index (χ2n) is 11.9. The molecule has 3 N–H and O–H groups in total. The molecule has 2 aromatic carbocycles. The number of aromatic nitrogens is 2. The molecule has 1 saturated heterocycles. The lowest BCUT2D eigenvalue weighted by Crippen LogP contribution is -2.34. The van der Waals surface area contributed by atoms with E-state index in [1.54, 1.807) is 16.0 Å². The number of amides is 2. The van der Waals surface area contributed by atoms with Gasteiger partial charge in [-0.25, -0.2) is 9.48 Å². The number of carbonyl (C=O) groups is 2. The van der Waals surface area contributed by atoms with Crippen LogP contribution in [-0.4, -0.2) is 34.7 Å². The van der Waals surface area contributed by atoms with Gasteiger partial charge in [-0.3, -0.25) is 10.1 Å². The fourth-order valence-electron chi connectivity index (χ4n) is 5.43. The molecule has 0 bridgehead atoms. The van der Waals surface area contributed by atoms with Crippen molar-refractivity contribution >= 4 is 34.7 Å². The van der Waals surface area contributed by atoms with Crippen molar-refractivity contribution in [2.45, 2.75) is 58.3 Å². The standard InChI is InChI=1S/C33H39N5O2S/c1-22-11-13-24(14-12-22)38-30(21-29(37-38)33(2,3)4)36-32(40)35-27-10-6-5-9-26(27)31(23-15-17-34-18-16-23)28(39)20-25-8-7-19-41-25/h5-14,19,21,23,31,34H,15-18,20H2,1-4H3,(H2,35,36,40). The third-order valence-electron chi connectivity index (χ3n) is 7.67. The van der Waals surface area contributed by atoms with E-state index in [1.807, 2.05) is 79.0 Å². The van der Waals surface area contributed by atoms with Gasteiger partial charge in [0, 0.05) is 34.4 Å². The molecule has 5 rings (SSSR count). The Morgan fingerprint density at radius 1 is 1.02 bits per heavy atom. The number of ketones is 1. The summed E-state index contributed by atoms with van der Waals surface area (Å²) >= 11 is 1.61. The minimum atomic E-state index is -0.374. The van der Waals surface area contributed by atoms with E-state index < -0.39 is 0 Å². The molecule has 4 aromatic rings. The molecule has 2 amide bonds. The maximum Gasteiger partial charge on any atom is 0.324 e. The highest BCUT2D eigenvalue weighted by Gasteiger charge is 2.33. The quantitative estimate of drug-likeness (QED) is 0.212. The first kappa shape index (κ1) is 28.8. The van der Waals surface area contributed by atoms with Crippen LogP contribution in [0.5, 0.6) is 0 Å². The van der Waals surface area contributed by atoms with E-state index in [-0.39, 0.29) is 29.1 Å². The first-order valence-corrected chi connectivity index (χ1v) is 15.2. The summed E-state index contributed by atoms with van der Waals surface area (Å²) in [6.45, 7) is 10.1. The molecule has 7 nitrogen and oxygen atoms in total. The lowest BCUT2D eigenvalue weighted by molar-refractivity contribution is -0.121. The lowest BCUT2D eigenvalue weighted by atomic mass is 9.76. The number of rotatable bonds is 8. The maximum absolute atomic E-state index is 13.8. The van der Waals surface area contributed by atoms with Gasteiger partial charge in [-0.05, 0) is 74.0 Å². The summed E-state index contributed by atoms with van der Waals surface area (Å²) in [7, 11) is 0. The minimum Gasteiger partial charge on any atom is -0.317 e. The zero-order valence-electron chi connectivity index (χ0n) is 24.2. The van der Waals surface area contributed by atoms with Crippen LogP contribution in [0.2, 0.25) is 0 Å². The van der Waals surface area contributed by atoms with Crippen LogP contribution < -0.4 is 16.0 Å². The van der Waals surface area contributed by atoms with Gasteiger partial charge in [0.2, 0.25) is 0 Å². The Labute approximate surface area is 246 Å². The Bertz CT molecular complexity index is 1480. The Kier molecular flexibility index (Phi) is 8.71. The van der Waals surface area contributed by atoms with E-state index in [1.165, 1.54) is 0 Å². The summed E-state index contributed by atoms with van der Waals surface area (Å²) in [5, 5.41) is 16.4. The third kappa shape index (κ3) is 6.94. The van der Waals surface area contributed by atoms with Crippen molar-refractivity contribution in [1.82, 2.24) is 15.1 Å². The molecule has 0 radical (unpaired) electrons. The summed E-state index contributed by atoms with van der Waals surface area (Å²) in [6.07, 6.45) is 2.25. The van der Waals surface area contributed by atoms with Crippen molar-refractivity contribution in [2.24, 2.45) is 5.92 Å². The largest absolute Gasteiger partial charge is 0.324 e. The van der Waals surface area contributed by atoms with Crippen LogP contribution in [0.4, 0.5) is 16.3 Å². The minimum absolute atomic E-state index is 0.194. The Hall–Kier alpha value is -3.75. The van der Waals surface area contributed by atoms with Crippen LogP contribution >= 0.6 is 11.3 Å². The summed E-state index contributed by atoms with van der Waals surface area (Å²) in [4.78, 5) is 28.4. The molecule has 3 heterocycles. The number of aryl methyl sites for hydroxylation is 1. The smallest absolute Gasteiger partial charge is 0.317 e. The number of para-hydroxylation sites is 1. The van der Waals surface area contributed by atoms with Crippen molar-refractivity contribution in [3.05, 3.63) is 93.8 Å². The number of hydrogen-bond acceptors (Lipinski definition) is 5. The molecular weight excluding hydrogens is 530 g/mol. The first-order valence-electron chi connectivity index (χ1n) is 14.3. The molecule has 1 atom stereocenters. The summed E-state index contributed by atoms with van der Waals surface area (Å²) < 4.78 is 1.77. The van der Waals surface area contributed by atoms with Crippen molar-refractivity contribution in [3.63, 3.8) is 0 Å². The summed E-state index contributed by atoms with van der Waals surface area (Å²) in [5.41, 5.74) is 4.23. The number of nitrogens with one attached hydrogen (secondary N) is 3. The van der Waals surface area contributed by atoms with E-state index in [9.17, 15) is 9.59 Å². The number of carbonyl (C=O) groups excluding carboxylic acids is 2. The number of thiophene rings is 1. The van der Waals surface area contributed by atoms with Gasteiger partial charge in [0.1, 0.15) is 11.6 Å². The van der Waals surface area contributed by atoms with Crippen molar-refractivity contribution in [3.8, 4) is 5.69 Å². The van der Waals surface area contributed by atoms with E-state index in [2.05, 4.69) is 36.7 Å². The number of anilines is 2. The first-order chi connectivity index (χ1) is 19.7. The second-order valence-corrected chi connectivity index (χ2v) is 12.9. The predicted molar refractivity (Wildman–Crippen MR) is 167 cm³/mol. The highest BCUT2D eigenvalue weighted by Crippen LogP contribution is 2.37. The molecule has 1 fully saturated rings. The van der Waals surface area contributed by atoms with Gasteiger partial charge in [-0.15, -0.1) is 11.3 Å². The van der Waals surface area contributed by atoms with Crippen LogP contribution in [0, 0.1) is 12.8 Å². The van der Waals surface area contributed by atoms with Crippen molar-refractivity contribution in [2.75, 3.05) is 23.7 Å². The number of nitrogens with zero attached hydrogens (tertiary/aromatic N) is 2. The normalized spacial score (nSPS) is 14.9. The molecule has 1 aliphatic rings. The average Bonchev–Trinajstić information content (AvgIpc) is 3.61. The molecule has 1 unspecified atom stereocenters. The zero-order valence-corrected chi connectivity index (χ0v) is 25.1. The van der Waals surface area contributed by atoms with Gasteiger partial charge >= 0.3 is 6.03 Å². The van der Waals surface area contributed by atoms with Crippen LogP contribution in [-0.2, 0) is 16.6 Å². The molecular formula is C33H39N5O2S. The number of piperidine rings is 1. The molecule has 8 heteroatoms. The van der Waals surface area contributed by atoms with E-state index in [0.717, 1.165) is 53.3 Å². The summed E-state index contributed by atoms with van der Waals surface area (Å²) in [6, 6.07) is 21.3. The van der Waals surface area contributed by atoms with Crippen LogP contribution in [0.3, 0.4) is 0 Å². The zero-order chi connectivity index (χ0) is 29.0. The van der Waals surface area contributed by atoms with Crippen LogP contribution in [0.15, 0.2) is 72.1 Å². The third-order valence-corrected chi connectivity index (χ3v) is 8.55. The van der Waals surface area contributed by atoms with Crippen LogP contribution in [0.1, 0.15) is 61.2 Å². The molecule has 0 saturated carbocycles. The van der Waals surface area contributed by atoms with Gasteiger partial charge in [-0.1, -0.05) is 62.7 Å². The van der Waals surface area contributed by atoms with E-state index >= 15 is 0 Å². The number of hydrogen-bond donors (Lipinski definition) is 3. The van der Waals surface area contributed by atoms with Gasteiger partial charge in [0.15, 0.2) is 0 Å². The number of Topliss-reactive ketones (excluding diaryl/α,β-unsaturated/α-hetero) is 1. The molecule has 0 spiro atoms. The Morgan fingerprint density at radius 2 is 1.76 bits per heavy atom. The molecule has 1 aliphatic heterocycles. The topological polar surface area (TPSA) is 88.1 Å². The van der Waals surface area contributed by atoms with Crippen molar-refractivity contribution in [1.29, 1.82) is 0 Å². The number of benzene rings is 2. The highest BCUT2D eigenvalue weighted by atomic mass is 32.1. The second kappa shape index (κ2) is 12.4. The Morgan fingerprint density at radius 3 is 2.44 bits per heavy atom. The van der Waals surface area contributed by atoms with Gasteiger partial charge < -0.3 is 10.6 Å². The van der Waals surface area contributed by atoms with E-state index in [4.69, 9.17) is 5.10 Å². The fraction of sp³-hybridized carbons (Fsp3) is 0.364. The van der Waals surface area contributed by atoms with Gasteiger partial charge in [-0.2, -0.15) is 5.10 Å². The highest BCUT2D eigenvalue weighted by molar-refractivity contribution is 7.10. The van der Waals surface area contributed by atoms with Gasteiger partial charge in [0.05, 0.1) is 11.4 Å². The van der Waals surface area contributed by atoms with Crippen molar-refractivity contribution < 1.29 is 9.59 Å². The SMILES string of the molecule is Cc1ccc(-n2nc(C(C)(C)C)cc2NC(=O)Nc2ccccc2C(C(=O)Cc2cccs2)C2CCNCC2)cc1. The molecule has 41 heavy (non-hydrogen) atoms. The molecule has 214 valence electrons. The average molecular weight is 570 g/mol. The van der Waals surface area contributed by atoms with Crippen LogP contribution in [0.25, 0.3) is 5.69 Å². The predicted octanol–water partition coefficient (Wildman–Crippen LogP) is 7.08. The number of urea groups is 1. The molecule has 0 aliphatic carbocycles. The monoisotopic (exact) mass is 569 g/mol.